The molecule has 1 amide bonds. The van der Waals surface area contributed by atoms with Gasteiger partial charge in [0.2, 0.25) is 5.78 Å². The normalized spacial score (nSPS) is 30.0. The number of ketones is 2. The number of aliphatic hydroxyl groups excluding tert-OH is 2. The molecule has 0 aliphatic heterocycles. The molecule has 0 spiro atoms. The number of benzene rings is 1. The molecule has 0 heterocycles. The second kappa shape index (κ2) is 11.0. The summed E-state index contributed by atoms with van der Waals surface area (Å²) in [5.41, 5.74) is -5.78. The number of hydrogen-bond acceptors (Lipinski definition) is 10. The Balaban J connectivity index is 1.85. The highest BCUT2D eigenvalue weighted by atomic mass is 35.5. The first kappa shape index (κ1) is 30.3. The molecule has 3 aliphatic rings. The number of alkyl halides is 2. The topological polar surface area (TPSA) is 171 Å². The summed E-state index contributed by atoms with van der Waals surface area (Å²) in [5.74, 6) is -7.06. The second-order valence-corrected chi connectivity index (χ2v) is 11.5. The van der Waals surface area contributed by atoms with E-state index in [0.717, 1.165) is 0 Å². The van der Waals surface area contributed by atoms with Crippen LogP contribution in [0.2, 0.25) is 0 Å². The van der Waals surface area contributed by atoms with Gasteiger partial charge < -0.3 is 30.8 Å². The van der Waals surface area contributed by atoms with Crippen molar-refractivity contribution in [3.05, 3.63) is 46.2 Å². The Kier molecular flexibility index (Phi) is 8.30. The number of phenols is 1. The first-order valence-corrected chi connectivity index (χ1v) is 13.8. The molecule has 4 rings (SSSR count). The van der Waals surface area contributed by atoms with E-state index in [-0.39, 0.29) is 36.0 Å². The Morgan fingerprint density at radius 2 is 1.73 bits per heavy atom. The molecule has 5 atom stereocenters. The largest absolute Gasteiger partial charge is 0.508 e. The Hall–Kier alpha value is -2.67. The van der Waals surface area contributed by atoms with Gasteiger partial charge in [0.25, 0.3) is 5.91 Å². The highest BCUT2D eigenvalue weighted by molar-refractivity contribution is 6.25. The van der Waals surface area contributed by atoms with Crippen molar-refractivity contribution in [2.75, 3.05) is 45.6 Å². The van der Waals surface area contributed by atoms with Crippen molar-refractivity contribution in [1.82, 2.24) is 15.1 Å². The van der Waals surface area contributed by atoms with Crippen LogP contribution in [0.1, 0.15) is 24.5 Å². The number of Topliss-reactive ketones (excluding diaryl/α,β-unsaturated/α-hetero) is 2. The molecule has 0 bridgehead atoms. The highest BCUT2D eigenvalue weighted by Gasteiger charge is 2.66. The van der Waals surface area contributed by atoms with Crippen LogP contribution >= 0.6 is 23.2 Å². The van der Waals surface area contributed by atoms with Crippen molar-refractivity contribution in [3.63, 3.8) is 0 Å². The third kappa shape index (κ3) is 4.49. The number of phenolic OH excluding ortho intramolecular Hbond substituents is 1. The van der Waals surface area contributed by atoms with Crippen molar-refractivity contribution >= 4 is 46.4 Å². The molecule has 1 fully saturated rings. The number of aliphatic hydroxyl groups is 4. The van der Waals surface area contributed by atoms with Crippen LogP contribution in [0, 0.1) is 11.8 Å². The van der Waals surface area contributed by atoms with Crippen LogP contribution in [0.15, 0.2) is 35.1 Å². The van der Waals surface area contributed by atoms with E-state index in [1.54, 1.807) is 4.90 Å². The number of rotatable bonds is 8. The van der Waals surface area contributed by atoms with Gasteiger partial charge in [-0.2, -0.15) is 0 Å². The average molecular weight is 598 g/mol. The Bertz CT molecular complexity index is 1300. The zero-order valence-electron chi connectivity index (χ0n) is 22.3. The van der Waals surface area contributed by atoms with Crippen LogP contribution in [-0.4, -0.2) is 110 Å². The first-order chi connectivity index (χ1) is 18.7. The van der Waals surface area contributed by atoms with Gasteiger partial charge in [-0.1, -0.05) is 12.1 Å². The molecule has 1 aromatic carbocycles. The van der Waals surface area contributed by atoms with E-state index in [1.807, 2.05) is 0 Å². The lowest BCUT2D eigenvalue weighted by Gasteiger charge is -2.53. The minimum atomic E-state index is -2.78. The van der Waals surface area contributed by atoms with Gasteiger partial charge in [0, 0.05) is 42.3 Å². The maximum Gasteiger partial charge on any atom is 0.259 e. The van der Waals surface area contributed by atoms with Crippen molar-refractivity contribution in [1.29, 1.82) is 0 Å². The van der Waals surface area contributed by atoms with Gasteiger partial charge in [0.05, 0.1) is 23.9 Å². The molecule has 0 unspecified atom stereocenters. The second-order valence-electron chi connectivity index (χ2n) is 10.8. The van der Waals surface area contributed by atoms with Crippen LogP contribution in [0.5, 0.6) is 5.75 Å². The van der Waals surface area contributed by atoms with E-state index >= 15 is 0 Å². The third-order valence-corrected chi connectivity index (χ3v) is 8.60. The van der Waals surface area contributed by atoms with Gasteiger partial charge in [0.1, 0.15) is 22.8 Å². The van der Waals surface area contributed by atoms with Crippen LogP contribution in [0.25, 0.3) is 5.76 Å². The number of likely N-dealkylation sites (N-methyl/N-ethyl adjacent to an activating group) is 1. The molecule has 3 aliphatic carbocycles. The number of carbonyl (C=O) groups excluding carboxylic acids is 3. The number of amides is 1. The number of aromatic hydroxyl groups is 1. The summed E-state index contributed by atoms with van der Waals surface area (Å²) in [6.07, 6.45) is -0.212. The average Bonchev–Trinajstić information content (AvgIpc) is 2.88. The molecule has 1 aromatic rings. The van der Waals surface area contributed by atoms with Crippen LogP contribution in [0.3, 0.4) is 0 Å². The summed E-state index contributed by atoms with van der Waals surface area (Å²) in [5, 5.41) is 59.0. The standard InChI is InChI=1S/C27H33Cl2N3O8/c1-26(39)13-5-4-6-16(33)17(13)21(34)18-14(26)11-15-20(31(2)3)22(35)19(24(37)27(15,40)23(18)36)25(38)30-12-32(9-7-28)10-8-29/h4-6,14-15,20,33-34,37,39-40H,7-12H2,1-3H3,(H,30,38)/t14-,15-,20-,26-,27+/m0/s1. The number of carbonyl (C=O) groups is 3. The molecule has 0 radical (unpaired) electrons. The third-order valence-electron chi connectivity index (χ3n) is 8.27. The number of hydrogen-bond donors (Lipinski definition) is 6. The predicted molar refractivity (Wildman–Crippen MR) is 147 cm³/mol. The SMILES string of the molecule is CN(C)[C@@H]1C(=O)C(C(=O)NCN(CCCl)CCCl)=C(O)[C@]2(O)C(=O)C3=C(O)c4c(O)cccc4[C@](C)(O)[C@H]3C[C@@H]12. The molecule has 6 N–H and O–H groups in total. The highest BCUT2D eigenvalue weighted by Crippen LogP contribution is 2.57. The van der Waals surface area contributed by atoms with Crippen molar-refractivity contribution in [2.45, 2.75) is 30.6 Å². The summed E-state index contributed by atoms with van der Waals surface area (Å²) < 4.78 is 0. The van der Waals surface area contributed by atoms with Gasteiger partial charge in [-0.05, 0) is 39.1 Å². The van der Waals surface area contributed by atoms with Crippen LogP contribution < -0.4 is 5.32 Å². The fourth-order valence-corrected chi connectivity index (χ4v) is 6.74. The fraction of sp³-hybridized carbons (Fsp3) is 0.519. The fourth-order valence-electron chi connectivity index (χ4n) is 6.26. The van der Waals surface area contributed by atoms with E-state index in [0.29, 0.717) is 13.1 Å². The summed E-state index contributed by atoms with van der Waals surface area (Å²) in [4.78, 5) is 44.2. The summed E-state index contributed by atoms with van der Waals surface area (Å²) >= 11 is 11.6. The van der Waals surface area contributed by atoms with Gasteiger partial charge >= 0.3 is 0 Å². The van der Waals surface area contributed by atoms with Gasteiger partial charge in [0.15, 0.2) is 11.4 Å². The van der Waals surface area contributed by atoms with Crippen molar-refractivity contribution in [2.24, 2.45) is 11.8 Å². The zero-order chi connectivity index (χ0) is 29.7. The predicted octanol–water partition coefficient (Wildman–Crippen LogP) is 0.997. The van der Waals surface area contributed by atoms with Gasteiger partial charge in [-0.3, -0.25) is 24.2 Å². The molecular formula is C27H33Cl2N3O8. The smallest absolute Gasteiger partial charge is 0.259 e. The van der Waals surface area contributed by atoms with Crippen LogP contribution in [0.4, 0.5) is 0 Å². The molecular weight excluding hydrogens is 565 g/mol. The van der Waals surface area contributed by atoms with Crippen LogP contribution in [-0.2, 0) is 20.0 Å². The summed E-state index contributed by atoms with van der Waals surface area (Å²) in [7, 11) is 3.06. The Labute approximate surface area is 241 Å². The number of nitrogens with zero attached hydrogens (tertiary/aromatic N) is 2. The van der Waals surface area contributed by atoms with E-state index in [2.05, 4.69) is 5.32 Å². The molecule has 13 heteroatoms. The zero-order valence-corrected chi connectivity index (χ0v) is 23.8. The molecule has 1 saturated carbocycles. The van der Waals surface area contributed by atoms with Crippen molar-refractivity contribution in [3.8, 4) is 5.75 Å². The minimum absolute atomic E-state index is 0.0717. The monoisotopic (exact) mass is 597 g/mol. The Morgan fingerprint density at radius 1 is 1.10 bits per heavy atom. The van der Waals surface area contributed by atoms with Gasteiger partial charge in [-0.25, -0.2) is 0 Å². The summed E-state index contributed by atoms with van der Waals surface area (Å²) in [6.45, 7) is 2.10. The Morgan fingerprint density at radius 3 is 2.30 bits per heavy atom. The summed E-state index contributed by atoms with van der Waals surface area (Å²) in [6, 6.07) is 3.02. The molecule has 40 heavy (non-hydrogen) atoms. The quantitative estimate of drug-likeness (QED) is 0.144. The van der Waals surface area contributed by atoms with E-state index < -0.39 is 75.0 Å². The molecule has 0 aromatic heterocycles. The van der Waals surface area contributed by atoms with Crippen molar-refractivity contribution < 1.29 is 39.9 Å². The lowest BCUT2D eigenvalue weighted by molar-refractivity contribution is -0.159. The number of nitrogens with one attached hydrogen (secondary N) is 1. The molecule has 218 valence electrons. The van der Waals surface area contributed by atoms with E-state index in [9.17, 15) is 39.9 Å². The van der Waals surface area contributed by atoms with E-state index in [4.69, 9.17) is 23.2 Å². The molecule has 11 nitrogen and oxygen atoms in total. The first-order valence-electron chi connectivity index (χ1n) is 12.8. The maximum atomic E-state index is 14.1. The maximum absolute atomic E-state index is 14.1. The number of halogens is 2. The lowest BCUT2D eigenvalue weighted by atomic mass is 9.54. The molecule has 0 saturated heterocycles. The number of fused-ring (bicyclic) bond motifs is 3. The minimum Gasteiger partial charge on any atom is -0.508 e. The lowest BCUT2D eigenvalue weighted by Crippen LogP contribution is -2.67. The van der Waals surface area contributed by atoms with E-state index in [1.165, 1.54) is 44.1 Å². The van der Waals surface area contributed by atoms with Gasteiger partial charge in [-0.15, -0.1) is 23.2 Å².